The smallest absolute Gasteiger partial charge is 0.416 e. The number of benzene rings is 2. The molecule has 2 saturated heterocycles. The Labute approximate surface area is 195 Å². The lowest BCUT2D eigenvalue weighted by molar-refractivity contribution is -0.137. The first-order chi connectivity index (χ1) is 15.8. The van der Waals surface area contributed by atoms with E-state index in [4.69, 9.17) is 4.74 Å². The van der Waals surface area contributed by atoms with Crippen molar-refractivity contribution in [1.29, 1.82) is 0 Å². The summed E-state index contributed by atoms with van der Waals surface area (Å²) in [4.78, 5) is 16.6. The monoisotopic (exact) mass is 476 g/mol. The molecule has 33 heavy (non-hydrogen) atoms. The van der Waals surface area contributed by atoms with E-state index in [1.807, 2.05) is 12.1 Å². The molecule has 2 aliphatic heterocycles. The van der Waals surface area contributed by atoms with Gasteiger partial charge in [0.2, 0.25) is 0 Å². The molecule has 8 heteroatoms. The van der Waals surface area contributed by atoms with E-state index >= 15 is 0 Å². The number of halogens is 3. The number of ether oxygens (including phenoxy) is 1. The van der Waals surface area contributed by atoms with Gasteiger partial charge in [-0.2, -0.15) is 13.2 Å². The van der Waals surface area contributed by atoms with E-state index in [9.17, 15) is 18.0 Å². The molecule has 0 bridgehead atoms. The Kier molecular flexibility index (Phi) is 5.44. The molecular weight excluding hydrogens is 449 g/mol. The van der Waals surface area contributed by atoms with E-state index < -0.39 is 17.3 Å². The number of hydrogen-bond acceptors (Lipinski definition) is 4. The number of alkyl halides is 3. The van der Waals surface area contributed by atoms with Gasteiger partial charge in [-0.15, -0.1) is 11.8 Å². The number of nitrogens with zero attached hydrogens (tertiary/aromatic N) is 1. The highest BCUT2D eigenvalue weighted by Crippen LogP contribution is 2.57. The third kappa shape index (κ3) is 3.28. The zero-order chi connectivity index (χ0) is 23.4. The number of thioether (sulfide) groups is 1. The van der Waals surface area contributed by atoms with Gasteiger partial charge >= 0.3 is 6.18 Å². The minimum Gasteiger partial charge on any atom is -0.496 e. The molecule has 3 aliphatic rings. The fourth-order valence-electron chi connectivity index (χ4n) is 6.46. The number of rotatable bonds is 4. The summed E-state index contributed by atoms with van der Waals surface area (Å²) in [6.07, 6.45) is 1.86. The van der Waals surface area contributed by atoms with Crippen molar-refractivity contribution in [2.45, 2.75) is 54.3 Å². The van der Waals surface area contributed by atoms with Gasteiger partial charge in [0.1, 0.15) is 5.75 Å². The van der Waals surface area contributed by atoms with Gasteiger partial charge in [0.15, 0.2) is 0 Å². The van der Waals surface area contributed by atoms with Crippen LogP contribution in [0.2, 0.25) is 0 Å². The van der Waals surface area contributed by atoms with Crippen LogP contribution in [0.5, 0.6) is 5.75 Å². The summed E-state index contributed by atoms with van der Waals surface area (Å²) in [6.45, 7) is 2.01. The van der Waals surface area contributed by atoms with Crippen molar-refractivity contribution in [3.63, 3.8) is 0 Å². The second-order valence-corrected chi connectivity index (χ2v) is 10.0. The summed E-state index contributed by atoms with van der Waals surface area (Å²) >= 11 is 1.12. The van der Waals surface area contributed by atoms with Gasteiger partial charge in [0, 0.05) is 4.90 Å². The number of piperidine rings is 1. The van der Waals surface area contributed by atoms with E-state index in [2.05, 4.69) is 22.3 Å². The fourth-order valence-corrected chi connectivity index (χ4v) is 7.10. The third-order valence-electron chi connectivity index (χ3n) is 7.75. The molecule has 2 fully saturated rings. The molecule has 176 valence electrons. The number of carbonyl (C=O) groups excluding carboxylic acids is 1. The minimum absolute atomic E-state index is 0.0532. The van der Waals surface area contributed by atoms with Crippen molar-refractivity contribution in [3.05, 3.63) is 58.7 Å². The number of amides is 1. The largest absolute Gasteiger partial charge is 0.496 e. The molecule has 1 amide bonds. The summed E-state index contributed by atoms with van der Waals surface area (Å²) in [6, 6.07) is 10.2. The van der Waals surface area contributed by atoms with Gasteiger partial charge in [-0.1, -0.05) is 24.3 Å². The van der Waals surface area contributed by atoms with Gasteiger partial charge in [-0.3, -0.25) is 9.69 Å². The van der Waals surface area contributed by atoms with E-state index in [0.29, 0.717) is 0 Å². The Hall–Kier alpha value is -2.19. The molecule has 1 aliphatic carbocycles. The van der Waals surface area contributed by atoms with Crippen molar-refractivity contribution in [2.24, 2.45) is 0 Å². The number of methoxy groups -OCH3 is 1. The van der Waals surface area contributed by atoms with E-state index in [1.54, 1.807) is 6.26 Å². The van der Waals surface area contributed by atoms with E-state index in [1.165, 1.54) is 12.7 Å². The molecule has 0 radical (unpaired) electrons. The SMILES string of the molecule is COc1cc(C(F)(F)F)cc(SC)c1C(=O)N[C@]12CCCN3CCC[C@@]31Cc1ccccc12. The summed E-state index contributed by atoms with van der Waals surface area (Å²) in [5.41, 5.74) is 0.975. The average molecular weight is 477 g/mol. The second-order valence-electron chi connectivity index (χ2n) is 9.17. The summed E-state index contributed by atoms with van der Waals surface area (Å²) in [5, 5.41) is 3.38. The standard InChI is InChI=1S/C25H27F3N2O2S/c1-32-19-13-17(25(26,27)28)14-20(33-2)21(19)22(31)29-24-10-6-12-30-11-5-9-23(24,30)15-16-7-3-4-8-18(16)24/h3-4,7-8,13-14H,5-6,9-12,15H2,1-2H3,(H,29,31)/t23-,24-/m0/s1. The Bertz CT molecular complexity index is 1080. The second kappa shape index (κ2) is 7.94. The van der Waals surface area contributed by atoms with Crippen molar-refractivity contribution in [3.8, 4) is 5.75 Å². The predicted molar refractivity (Wildman–Crippen MR) is 122 cm³/mol. The lowest BCUT2D eigenvalue weighted by Crippen LogP contribution is -2.67. The third-order valence-corrected chi connectivity index (χ3v) is 8.51. The van der Waals surface area contributed by atoms with Gasteiger partial charge in [0.05, 0.1) is 29.3 Å². The Balaban J connectivity index is 1.62. The van der Waals surface area contributed by atoms with Crippen molar-refractivity contribution in [1.82, 2.24) is 10.2 Å². The number of fused-ring (bicyclic) bond motifs is 2. The Morgan fingerprint density at radius 3 is 2.58 bits per heavy atom. The molecule has 1 spiro atoms. The Morgan fingerprint density at radius 2 is 1.88 bits per heavy atom. The van der Waals surface area contributed by atoms with Crippen LogP contribution in [-0.2, 0) is 18.1 Å². The van der Waals surface area contributed by atoms with Gasteiger partial charge in [0.25, 0.3) is 5.91 Å². The van der Waals surface area contributed by atoms with Gasteiger partial charge in [-0.25, -0.2) is 0 Å². The molecule has 0 unspecified atom stereocenters. The van der Waals surface area contributed by atoms with E-state index in [0.717, 1.165) is 74.7 Å². The van der Waals surface area contributed by atoms with Crippen molar-refractivity contribution >= 4 is 17.7 Å². The summed E-state index contributed by atoms with van der Waals surface area (Å²) in [5.74, 6) is -0.433. The normalized spacial score (nSPS) is 26.5. The quantitative estimate of drug-likeness (QED) is 0.613. The first-order valence-electron chi connectivity index (χ1n) is 11.2. The highest BCUT2D eigenvalue weighted by molar-refractivity contribution is 7.98. The predicted octanol–water partition coefficient (Wildman–Crippen LogP) is 5.25. The van der Waals surface area contributed by atoms with Crippen LogP contribution >= 0.6 is 11.8 Å². The highest BCUT2D eigenvalue weighted by atomic mass is 32.2. The maximum atomic E-state index is 13.9. The van der Waals surface area contributed by atoms with Crippen LogP contribution in [0.25, 0.3) is 0 Å². The Morgan fingerprint density at radius 1 is 1.15 bits per heavy atom. The van der Waals surface area contributed by atoms with Gasteiger partial charge in [-0.05, 0) is 74.7 Å². The average Bonchev–Trinajstić information content (AvgIpc) is 3.34. The van der Waals surface area contributed by atoms with E-state index in [-0.39, 0.29) is 27.7 Å². The maximum absolute atomic E-state index is 13.9. The first kappa shape index (κ1) is 22.6. The minimum atomic E-state index is -4.52. The molecular formula is C25H27F3N2O2S. The molecule has 1 N–H and O–H groups in total. The molecule has 2 atom stereocenters. The van der Waals surface area contributed by atoms with Crippen molar-refractivity contribution < 1.29 is 22.7 Å². The molecule has 2 heterocycles. The van der Waals surface area contributed by atoms with Crippen LogP contribution in [0.3, 0.4) is 0 Å². The van der Waals surface area contributed by atoms with Crippen LogP contribution in [0.1, 0.15) is 52.7 Å². The summed E-state index contributed by atoms with van der Waals surface area (Å²) < 4.78 is 45.6. The van der Waals surface area contributed by atoms with Crippen LogP contribution in [0, 0.1) is 0 Å². The number of carbonyl (C=O) groups is 1. The molecule has 0 aromatic heterocycles. The summed E-state index contributed by atoms with van der Waals surface area (Å²) in [7, 11) is 1.31. The fraction of sp³-hybridized carbons (Fsp3) is 0.480. The topological polar surface area (TPSA) is 41.6 Å². The van der Waals surface area contributed by atoms with Crippen LogP contribution in [0.15, 0.2) is 41.3 Å². The molecule has 4 nitrogen and oxygen atoms in total. The van der Waals surface area contributed by atoms with Crippen molar-refractivity contribution in [2.75, 3.05) is 26.5 Å². The first-order valence-corrected chi connectivity index (χ1v) is 12.5. The van der Waals surface area contributed by atoms with Crippen LogP contribution in [-0.4, -0.2) is 42.8 Å². The lowest BCUT2D eigenvalue weighted by Gasteiger charge is -2.53. The maximum Gasteiger partial charge on any atom is 0.416 e. The molecule has 0 saturated carbocycles. The molecule has 5 rings (SSSR count). The molecule has 2 aromatic carbocycles. The van der Waals surface area contributed by atoms with Crippen LogP contribution < -0.4 is 10.1 Å². The zero-order valence-corrected chi connectivity index (χ0v) is 19.5. The van der Waals surface area contributed by atoms with Gasteiger partial charge < -0.3 is 10.1 Å². The number of hydrogen-bond donors (Lipinski definition) is 1. The molecule has 2 aromatic rings. The van der Waals surface area contributed by atoms with Crippen LogP contribution in [0.4, 0.5) is 13.2 Å². The lowest BCUT2D eigenvalue weighted by atomic mass is 9.69. The highest BCUT2D eigenvalue weighted by Gasteiger charge is 2.63. The zero-order valence-electron chi connectivity index (χ0n) is 18.7. The number of nitrogens with one attached hydrogen (secondary N) is 1.